The first kappa shape index (κ1) is 19.6. The van der Waals surface area contributed by atoms with Crippen LogP contribution in [0.3, 0.4) is 0 Å². The van der Waals surface area contributed by atoms with Crippen molar-refractivity contribution in [3.63, 3.8) is 0 Å². The van der Waals surface area contributed by atoms with E-state index in [0.717, 1.165) is 22.3 Å². The van der Waals surface area contributed by atoms with Gasteiger partial charge in [0.25, 0.3) is 5.91 Å². The molecule has 0 radical (unpaired) electrons. The lowest BCUT2D eigenvalue weighted by molar-refractivity contribution is -0.124. The van der Waals surface area contributed by atoms with Crippen LogP contribution in [0, 0.1) is 0 Å². The molecule has 1 aliphatic rings. The monoisotopic (exact) mass is 396 g/mol. The van der Waals surface area contributed by atoms with Gasteiger partial charge in [-0.25, -0.2) is 4.79 Å². The molecular weight excluding hydrogens is 372 g/mol. The van der Waals surface area contributed by atoms with Crippen LogP contribution < -0.4 is 0 Å². The Bertz CT molecular complexity index is 1060. The fraction of sp³-hybridized carbons (Fsp3) is 0.154. The van der Waals surface area contributed by atoms with Gasteiger partial charge in [-0.05, 0) is 35.3 Å². The molecule has 3 aromatic rings. The third kappa shape index (κ3) is 3.77. The van der Waals surface area contributed by atoms with Crippen molar-refractivity contribution in [1.82, 2.24) is 9.80 Å². The Kier molecular flexibility index (Phi) is 5.48. The van der Waals surface area contributed by atoms with E-state index in [0.29, 0.717) is 0 Å². The van der Waals surface area contributed by atoms with Gasteiger partial charge in [-0.2, -0.15) is 0 Å². The first-order valence-electron chi connectivity index (χ1n) is 10.0. The van der Waals surface area contributed by atoms with Crippen molar-refractivity contribution in [2.45, 2.75) is 19.0 Å². The molecule has 4 nitrogen and oxygen atoms in total. The Morgan fingerprint density at radius 1 is 0.833 bits per heavy atom. The van der Waals surface area contributed by atoms with E-state index in [2.05, 4.69) is 12.1 Å². The van der Waals surface area contributed by atoms with Crippen LogP contribution in [0.1, 0.15) is 24.1 Å². The van der Waals surface area contributed by atoms with Crippen LogP contribution in [-0.2, 0) is 4.79 Å². The molecule has 1 saturated heterocycles. The second-order valence-corrected chi connectivity index (χ2v) is 7.52. The first-order chi connectivity index (χ1) is 14.6. The Hall–Kier alpha value is -3.66. The molecule has 0 spiro atoms. The van der Waals surface area contributed by atoms with Crippen molar-refractivity contribution in [2.24, 2.45) is 0 Å². The largest absolute Gasteiger partial charge is 0.327 e. The van der Waals surface area contributed by atoms with Crippen molar-refractivity contribution < 1.29 is 9.59 Å². The summed E-state index contributed by atoms with van der Waals surface area (Å²) in [6, 6.07) is 27.2. The third-order valence-corrected chi connectivity index (χ3v) is 5.67. The minimum atomic E-state index is -0.308. The van der Waals surface area contributed by atoms with Gasteiger partial charge >= 0.3 is 6.03 Å². The van der Waals surface area contributed by atoms with Gasteiger partial charge in [0, 0.05) is 13.1 Å². The summed E-state index contributed by atoms with van der Waals surface area (Å²) in [7, 11) is 1.74. The van der Waals surface area contributed by atoms with Crippen molar-refractivity contribution in [3.05, 3.63) is 102 Å². The predicted octanol–water partition coefficient (Wildman–Crippen LogP) is 5.39. The third-order valence-electron chi connectivity index (χ3n) is 5.67. The number of urea groups is 1. The average Bonchev–Trinajstić information content (AvgIpc) is 3.03. The Balaban J connectivity index is 1.54. The van der Waals surface area contributed by atoms with Crippen LogP contribution in [0.15, 0.2) is 91.0 Å². The fourth-order valence-electron chi connectivity index (χ4n) is 3.86. The normalized spacial score (nSPS) is 18.9. The second-order valence-electron chi connectivity index (χ2n) is 7.52. The maximum Gasteiger partial charge on any atom is 0.327 e. The molecule has 1 aliphatic heterocycles. The minimum Gasteiger partial charge on any atom is -0.322 e. The van der Waals surface area contributed by atoms with E-state index >= 15 is 0 Å². The van der Waals surface area contributed by atoms with Gasteiger partial charge in [0.15, 0.2) is 0 Å². The van der Waals surface area contributed by atoms with E-state index in [1.807, 2.05) is 79.7 Å². The van der Waals surface area contributed by atoms with E-state index in [4.69, 9.17) is 0 Å². The number of carbonyl (C=O) groups is 2. The van der Waals surface area contributed by atoms with Gasteiger partial charge in [-0.3, -0.25) is 9.69 Å². The van der Waals surface area contributed by atoms with E-state index in [1.165, 1.54) is 11.0 Å². The number of hydrogen-bond acceptors (Lipinski definition) is 2. The molecule has 3 amide bonds. The standard InChI is InChI=1S/C26H24N2O2/c1-19-25(23-11-7-4-8-12-23)28(26(30)27(19)2)24(29)18-15-20-13-16-22(17-14-20)21-9-5-3-6-10-21/h3-19,25H,1-2H3/b18-15+/t19-,25-/m1/s1. The fourth-order valence-corrected chi connectivity index (χ4v) is 3.86. The molecule has 1 fully saturated rings. The number of carbonyl (C=O) groups excluding carboxylic acids is 2. The van der Waals surface area contributed by atoms with Crippen LogP contribution >= 0.6 is 0 Å². The van der Waals surface area contributed by atoms with Gasteiger partial charge in [-0.15, -0.1) is 0 Å². The Morgan fingerprint density at radius 2 is 1.40 bits per heavy atom. The summed E-state index contributed by atoms with van der Waals surface area (Å²) in [5.41, 5.74) is 4.13. The van der Waals surface area contributed by atoms with E-state index in [9.17, 15) is 9.59 Å². The molecular formula is C26H24N2O2. The summed E-state index contributed by atoms with van der Waals surface area (Å²) in [5.74, 6) is -0.308. The Morgan fingerprint density at radius 3 is 2.03 bits per heavy atom. The SMILES string of the molecule is C[C@@H]1[C@H](c2ccccc2)N(C(=O)/C=C/c2ccc(-c3ccccc3)cc2)C(=O)N1C. The summed E-state index contributed by atoms with van der Waals surface area (Å²) in [6.07, 6.45) is 3.24. The lowest BCUT2D eigenvalue weighted by Gasteiger charge is -2.23. The zero-order valence-electron chi connectivity index (χ0n) is 17.1. The van der Waals surface area contributed by atoms with Gasteiger partial charge in [0.1, 0.15) is 0 Å². The summed E-state index contributed by atoms with van der Waals surface area (Å²) in [4.78, 5) is 28.7. The van der Waals surface area contributed by atoms with Crippen LogP contribution in [0.5, 0.6) is 0 Å². The number of likely N-dealkylation sites (N-methyl/N-ethyl adjacent to an activating group) is 1. The average molecular weight is 396 g/mol. The van der Waals surface area contributed by atoms with Gasteiger partial charge in [0.05, 0.1) is 12.1 Å². The van der Waals surface area contributed by atoms with E-state index in [1.54, 1.807) is 18.0 Å². The maximum absolute atomic E-state index is 13.0. The lowest BCUT2D eigenvalue weighted by atomic mass is 10.0. The number of rotatable bonds is 4. The zero-order chi connectivity index (χ0) is 21.1. The number of nitrogens with zero attached hydrogens (tertiary/aromatic N) is 2. The molecule has 1 heterocycles. The molecule has 0 saturated carbocycles. The number of imide groups is 1. The van der Waals surface area contributed by atoms with Crippen LogP contribution in [0.2, 0.25) is 0 Å². The van der Waals surface area contributed by atoms with Gasteiger partial charge in [0.2, 0.25) is 0 Å². The second kappa shape index (κ2) is 8.37. The summed E-state index contributed by atoms with van der Waals surface area (Å²) < 4.78 is 0. The summed E-state index contributed by atoms with van der Waals surface area (Å²) in [6.45, 7) is 1.97. The van der Waals surface area contributed by atoms with Crippen LogP contribution in [0.25, 0.3) is 17.2 Å². The van der Waals surface area contributed by atoms with Gasteiger partial charge in [-0.1, -0.05) is 84.9 Å². The maximum atomic E-state index is 13.0. The lowest BCUT2D eigenvalue weighted by Crippen LogP contribution is -2.35. The zero-order valence-corrected chi connectivity index (χ0v) is 17.1. The molecule has 0 aromatic heterocycles. The van der Waals surface area contributed by atoms with Crippen molar-refractivity contribution in [3.8, 4) is 11.1 Å². The summed E-state index contributed by atoms with van der Waals surface area (Å²) >= 11 is 0. The smallest absolute Gasteiger partial charge is 0.322 e. The number of hydrogen-bond donors (Lipinski definition) is 0. The van der Waals surface area contributed by atoms with Crippen molar-refractivity contribution in [2.75, 3.05) is 7.05 Å². The molecule has 4 heteroatoms. The van der Waals surface area contributed by atoms with Crippen molar-refractivity contribution in [1.29, 1.82) is 0 Å². The highest BCUT2D eigenvalue weighted by Gasteiger charge is 2.44. The topological polar surface area (TPSA) is 40.6 Å². The minimum absolute atomic E-state index is 0.0950. The van der Waals surface area contributed by atoms with Crippen LogP contribution in [-0.4, -0.2) is 34.8 Å². The first-order valence-corrected chi connectivity index (χ1v) is 10.0. The highest BCUT2D eigenvalue weighted by atomic mass is 16.2. The number of amides is 3. The molecule has 0 unspecified atom stereocenters. The summed E-state index contributed by atoms with van der Waals surface area (Å²) in [5, 5.41) is 0. The number of benzene rings is 3. The van der Waals surface area contributed by atoms with Crippen LogP contribution in [0.4, 0.5) is 4.79 Å². The molecule has 30 heavy (non-hydrogen) atoms. The molecule has 0 bridgehead atoms. The molecule has 0 N–H and O–H groups in total. The molecule has 4 rings (SSSR count). The highest BCUT2D eigenvalue weighted by molar-refractivity contribution is 6.04. The molecule has 0 aliphatic carbocycles. The van der Waals surface area contributed by atoms with E-state index in [-0.39, 0.29) is 24.0 Å². The van der Waals surface area contributed by atoms with Gasteiger partial charge < -0.3 is 4.90 Å². The quantitative estimate of drug-likeness (QED) is 0.555. The predicted molar refractivity (Wildman–Crippen MR) is 120 cm³/mol. The molecule has 3 aromatic carbocycles. The van der Waals surface area contributed by atoms with Crippen molar-refractivity contribution >= 4 is 18.0 Å². The van der Waals surface area contributed by atoms with E-state index < -0.39 is 0 Å². The Labute approximate surface area is 177 Å². The molecule has 2 atom stereocenters. The molecule has 150 valence electrons. The highest BCUT2D eigenvalue weighted by Crippen LogP contribution is 2.34.